The van der Waals surface area contributed by atoms with Crippen LogP contribution in [0.15, 0.2) is 12.1 Å². The SMILES string of the molecule is COc1cc(CN(C)C(=O)OC(C)(C)C)c(C)cc1C. The van der Waals surface area contributed by atoms with E-state index in [1.165, 1.54) is 0 Å². The number of hydrogen-bond donors (Lipinski definition) is 0. The Bertz CT molecular complexity index is 489. The molecule has 0 aromatic heterocycles. The molecule has 1 amide bonds. The maximum atomic E-state index is 12.0. The van der Waals surface area contributed by atoms with Gasteiger partial charge in [-0.2, -0.15) is 0 Å². The van der Waals surface area contributed by atoms with Gasteiger partial charge >= 0.3 is 6.09 Å². The van der Waals surface area contributed by atoms with Crippen LogP contribution in [-0.2, 0) is 11.3 Å². The monoisotopic (exact) mass is 279 g/mol. The highest BCUT2D eigenvalue weighted by molar-refractivity contribution is 5.67. The van der Waals surface area contributed by atoms with Crippen LogP contribution in [0.25, 0.3) is 0 Å². The Balaban J connectivity index is 2.85. The minimum Gasteiger partial charge on any atom is -0.496 e. The Hall–Kier alpha value is -1.71. The topological polar surface area (TPSA) is 38.8 Å². The fraction of sp³-hybridized carbons (Fsp3) is 0.562. The maximum absolute atomic E-state index is 12.0. The minimum atomic E-state index is -0.481. The summed E-state index contributed by atoms with van der Waals surface area (Å²) in [5.74, 6) is 0.836. The molecule has 0 aliphatic heterocycles. The second kappa shape index (κ2) is 6.16. The van der Waals surface area contributed by atoms with E-state index in [0.717, 1.165) is 22.4 Å². The summed E-state index contributed by atoms with van der Waals surface area (Å²) in [6.45, 7) is 10.1. The van der Waals surface area contributed by atoms with Gasteiger partial charge in [0.05, 0.1) is 7.11 Å². The van der Waals surface area contributed by atoms with Gasteiger partial charge in [-0.3, -0.25) is 0 Å². The maximum Gasteiger partial charge on any atom is 0.410 e. The number of aryl methyl sites for hydroxylation is 2. The highest BCUT2D eigenvalue weighted by Gasteiger charge is 2.20. The molecule has 0 atom stereocenters. The Labute approximate surface area is 121 Å². The molecule has 0 aliphatic carbocycles. The van der Waals surface area contributed by atoms with Gasteiger partial charge in [0.1, 0.15) is 11.4 Å². The van der Waals surface area contributed by atoms with Crippen LogP contribution in [0, 0.1) is 13.8 Å². The predicted octanol–water partition coefficient (Wildman–Crippen LogP) is 3.68. The van der Waals surface area contributed by atoms with Crippen LogP contribution in [0.3, 0.4) is 0 Å². The highest BCUT2D eigenvalue weighted by atomic mass is 16.6. The summed E-state index contributed by atoms with van der Waals surface area (Å²) in [5.41, 5.74) is 2.80. The molecule has 0 aliphatic rings. The van der Waals surface area contributed by atoms with Gasteiger partial charge in [0.25, 0.3) is 0 Å². The van der Waals surface area contributed by atoms with Crippen molar-refractivity contribution >= 4 is 6.09 Å². The average Bonchev–Trinajstić information content (AvgIpc) is 2.30. The number of nitrogens with zero attached hydrogens (tertiary/aromatic N) is 1. The zero-order chi connectivity index (χ0) is 15.5. The third kappa shape index (κ3) is 4.44. The fourth-order valence-electron chi connectivity index (χ4n) is 1.92. The van der Waals surface area contributed by atoms with E-state index in [9.17, 15) is 4.79 Å². The van der Waals surface area contributed by atoms with Crippen LogP contribution in [0.4, 0.5) is 4.79 Å². The Morgan fingerprint density at radius 2 is 1.80 bits per heavy atom. The zero-order valence-corrected chi connectivity index (χ0v) is 13.5. The molecule has 0 N–H and O–H groups in total. The van der Waals surface area contributed by atoms with Crippen LogP contribution in [0.5, 0.6) is 5.75 Å². The van der Waals surface area contributed by atoms with Crippen molar-refractivity contribution in [1.82, 2.24) is 4.90 Å². The van der Waals surface area contributed by atoms with E-state index in [1.54, 1.807) is 19.1 Å². The molecule has 112 valence electrons. The van der Waals surface area contributed by atoms with E-state index < -0.39 is 5.60 Å². The van der Waals surface area contributed by atoms with Gasteiger partial charge in [0, 0.05) is 13.6 Å². The number of carbonyl (C=O) groups excluding carboxylic acids is 1. The molecule has 1 rings (SSSR count). The Morgan fingerprint density at radius 3 is 2.30 bits per heavy atom. The molecule has 0 spiro atoms. The summed E-state index contributed by atoms with van der Waals surface area (Å²) in [5, 5.41) is 0. The van der Waals surface area contributed by atoms with Gasteiger partial charge in [-0.05, 0) is 57.4 Å². The van der Waals surface area contributed by atoms with Crippen LogP contribution >= 0.6 is 0 Å². The molecule has 0 radical (unpaired) electrons. The first-order valence-corrected chi connectivity index (χ1v) is 6.72. The minimum absolute atomic E-state index is 0.323. The number of ether oxygens (including phenoxy) is 2. The average molecular weight is 279 g/mol. The quantitative estimate of drug-likeness (QED) is 0.847. The molecule has 20 heavy (non-hydrogen) atoms. The van der Waals surface area contributed by atoms with E-state index in [4.69, 9.17) is 9.47 Å². The molecular weight excluding hydrogens is 254 g/mol. The molecule has 1 aromatic rings. The van der Waals surface area contributed by atoms with Crippen LogP contribution in [0.2, 0.25) is 0 Å². The first kappa shape index (κ1) is 16.3. The molecule has 1 aromatic carbocycles. The molecule has 4 nitrogen and oxygen atoms in total. The first-order valence-electron chi connectivity index (χ1n) is 6.72. The lowest BCUT2D eigenvalue weighted by Crippen LogP contribution is -2.34. The molecule has 0 bridgehead atoms. The van der Waals surface area contributed by atoms with Crippen molar-refractivity contribution in [3.05, 3.63) is 28.8 Å². The van der Waals surface area contributed by atoms with Crippen molar-refractivity contribution in [2.45, 2.75) is 46.8 Å². The third-order valence-electron chi connectivity index (χ3n) is 2.97. The van der Waals surface area contributed by atoms with Crippen molar-refractivity contribution < 1.29 is 14.3 Å². The normalized spacial score (nSPS) is 11.2. The van der Waals surface area contributed by atoms with Crippen molar-refractivity contribution in [1.29, 1.82) is 0 Å². The van der Waals surface area contributed by atoms with Gasteiger partial charge in [-0.1, -0.05) is 6.07 Å². The van der Waals surface area contributed by atoms with E-state index in [2.05, 4.69) is 6.07 Å². The number of methoxy groups -OCH3 is 1. The van der Waals surface area contributed by atoms with Crippen molar-refractivity contribution in [3.8, 4) is 5.75 Å². The fourth-order valence-corrected chi connectivity index (χ4v) is 1.92. The van der Waals surface area contributed by atoms with E-state index in [0.29, 0.717) is 6.54 Å². The number of hydrogen-bond acceptors (Lipinski definition) is 3. The third-order valence-corrected chi connectivity index (χ3v) is 2.97. The second-order valence-corrected chi connectivity index (χ2v) is 6.08. The summed E-state index contributed by atoms with van der Waals surface area (Å²) in [4.78, 5) is 13.5. The number of benzene rings is 1. The summed E-state index contributed by atoms with van der Waals surface area (Å²) in [6.07, 6.45) is -0.323. The van der Waals surface area contributed by atoms with Gasteiger partial charge < -0.3 is 14.4 Å². The van der Waals surface area contributed by atoms with Crippen molar-refractivity contribution in [3.63, 3.8) is 0 Å². The molecule has 0 unspecified atom stereocenters. The number of amides is 1. The molecule has 0 fully saturated rings. The summed E-state index contributed by atoms with van der Waals surface area (Å²) in [6, 6.07) is 4.04. The second-order valence-electron chi connectivity index (χ2n) is 6.08. The Morgan fingerprint density at radius 1 is 1.20 bits per heavy atom. The lowest BCUT2D eigenvalue weighted by atomic mass is 10.0. The number of rotatable bonds is 3. The largest absolute Gasteiger partial charge is 0.496 e. The standard InChI is InChI=1S/C16H25NO3/c1-11-8-12(2)14(19-7)9-13(11)10-17(6)15(18)20-16(3,4)5/h8-9H,10H2,1-7H3. The summed E-state index contributed by atoms with van der Waals surface area (Å²) >= 11 is 0. The van der Waals surface area contributed by atoms with Gasteiger partial charge in [-0.15, -0.1) is 0 Å². The molecule has 0 saturated carbocycles. The smallest absolute Gasteiger partial charge is 0.410 e. The van der Waals surface area contributed by atoms with E-state index in [-0.39, 0.29) is 6.09 Å². The van der Waals surface area contributed by atoms with E-state index >= 15 is 0 Å². The van der Waals surface area contributed by atoms with Gasteiger partial charge in [0.2, 0.25) is 0 Å². The van der Waals surface area contributed by atoms with Gasteiger partial charge in [-0.25, -0.2) is 4.79 Å². The Kier molecular flexibility index (Phi) is 5.03. The van der Waals surface area contributed by atoms with Crippen LogP contribution in [0.1, 0.15) is 37.5 Å². The zero-order valence-electron chi connectivity index (χ0n) is 13.5. The molecular formula is C16H25NO3. The molecule has 0 heterocycles. The van der Waals surface area contributed by atoms with Gasteiger partial charge in [0.15, 0.2) is 0 Å². The van der Waals surface area contributed by atoms with Crippen LogP contribution in [-0.4, -0.2) is 30.8 Å². The molecule has 0 saturated heterocycles. The van der Waals surface area contributed by atoms with Crippen LogP contribution < -0.4 is 4.74 Å². The number of carbonyl (C=O) groups is 1. The van der Waals surface area contributed by atoms with Crippen molar-refractivity contribution in [2.75, 3.05) is 14.2 Å². The predicted molar refractivity (Wildman–Crippen MR) is 80.2 cm³/mol. The van der Waals surface area contributed by atoms with E-state index in [1.807, 2.05) is 40.7 Å². The summed E-state index contributed by atoms with van der Waals surface area (Å²) in [7, 11) is 3.39. The van der Waals surface area contributed by atoms with Crippen molar-refractivity contribution in [2.24, 2.45) is 0 Å². The first-order chi connectivity index (χ1) is 9.14. The lowest BCUT2D eigenvalue weighted by Gasteiger charge is -2.25. The lowest BCUT2D eigenvalue weighted by molar-refractivity contribution is 0.0285. The highest BCUT2D eigenvalue weighted by Crippen LogP contribution is 2.23. The summed E-state index contributed by atoms with van der Waals surface area (Å²) < 4.78 is 10.7. The molecule has 4 heteroatoms.